The van der Waals surface area contributed by atoms with Gasteiger partial charge in [0.2, 0.25) is 0 Å². The van der Waals surface area contributed by atoms with Gasteiger partial charge in [-0.3, -0.25) is 9.59 Å². The van der Waals surface area contributed by atoms with Gasteiger partial charge in [-0.15, -0.1) is 0 Å². The molecule has 1 atom stereocenters. The monoisotopic (exact) mass is 741 g/mol. The number of ether oxygens (including phenoxy) is 2. The lowest BCUT2D eigenvalue weighted by Crippen LogP contribution is -2.28. The number of rotatable bonds is 40. The minimum atomic E-state index is -0.778. The maximum atomic E-state index is 12.2. The van der Waals surface area contributed by atoms with E-state index in [1.807, 2.05) is 0 Å². The van der Waals surface area contributed by atoms with Crippen LogP contribution in [-0.4, -0.2) is 36.4 Å². The molecule has 0 aliphatic heterocycles. The van der Waals surface area contributed by atoms with Gasteiger partial charge in [-0.2, -0.15) is 0 Å². The summed E-state index contributed by atoms with van der Waals surface area (Å²) in [5.41, 5.74) is 0. The molecule has 0 amide bonds. The minimum Gasteiger partial charge on any atom is -0.462 e. The molecule has 0 radical (unpaired) electrons. The molecule has 0 aliphatic carbocycles. The van der Waals surface area contributed by atoms with E-state index in [-0.39, 0.29) is 25.2 Å². The van der Waals surface area contributed by atoms with Crippen LogP contribution in [0.5, 0.6) is 0 Å². The molecule has 1 unspecified atom stereocenters. The Morgan fingerprint density at radius 1 is 0.453 bits per heavy atom. The number of aliphatic hydroxyl groups excluding tert-OH is 1. The quantitative estimate of drug-likeness (QED) is 0.0385. The Labute approximate surface area is 328 Å². The summed E-state index contributed by atoms with van der Waals surface area (Å²) in [5.74, 6) is -0.599. The maximum absolute atomic E-state index is 12.2. The van der Waals surface area contributed by atoms with Crippen LogP contribution in [0.15, 0.2) is 60.8 Å². The first-order valence-corrected chi connectivity index (χ1v) is 22.3. The first kappa shape index (κ1) is 50.6. The molecule has 0 aromatic rings. The Balaban J connectivity index is 3.57. The zero-order valence-electron chi connectivity index (χ0n) is 34.8. The van der Waals surface area contributed by atoms with Crippen molar-refractivity contribution in [2.75, 3.05) is 13.2 Å². The first-order valence-electron chi connectivity index (χ1n) is 22.3. The summed E-state index contributed by atoms with van der Waals surface area (Å²) in [6, 6.07) is 0. The van der Waals surface area contributed by atoms with Gasteiger partial charge in [-0.25, -0.2) is 0 Å². The molecule has 5 nitrogen and oxygen atoms in total. The third kappa shape index (κ3) is 42.2. The highest BCUT2D eigenvalue weighted by molar-refractivity contribution is 5.70. The molecule has 5 heteroatoms. The van der Waals surface area contributed by atoms with Gasteiger partial charge in [-0.1, -0.05) is 203 Å². The molecule has 0 aromatic carbocycles. The summed E-state index contributed by atoms with van der Waals surface area (Å²) >= 11 is 0. The molecule has 0 saturated carbocycles. The Morgan fingerprint density at radius 3 is 1.23 bits per heavy atom. The predicted octanol–water partition coefficient (Wildman–Crippen LogP) is 14.3. The van der Waals surface area contributed by atoms with Crippen molar-refractivity contribution in [1.82, 2.24) is 0 Å². The number of carbonyl (C=O) groups excluding carboxylic acids is 2. The van der Waals surface area contributed by atoms with Crippen molar-refractivity contribution < 1.29 is 24.2 Å². The van der Waals surface area contributed by atoms with Gasteiger partial charge in [0.15, 0.2) is 6.10 Å². The SMILES string of the molecule is CC/C=C\C/C=C\C/C=C\C/C=C\C/C=C\CCCCCCCCCC(=O)OC(CO)COC(=O)CCCCCCCCCCCCCCCCCC. The molecule has 0 aliphatic rings. The van der Waals surface area contributed by atoms with Gasteiger partial charge in [-0.05, 0) is 57.8 Å². The Bertz CT molecular complexity index is 930. The third-order valence-electron chi connectivity index (χ3n) is 9.58. The van der Waals surface area contributed by atoms with Crippen molar-refractivity contribution in [2.45, 2.75) is 219 Å². The number of unbranched alkanes of at least 4 members (excludes halogenated alkanes) is 22. The molecule has 0 aromatic heterocycles. The summed E-state index contributed by atoms with van der Waals surface area (Å²) in [4.78, 5) is 24.3. The van der Waals surface area contributed by atoms with E-state index in [0.29, 0.717) is 12.8 Å². The highest BCUT2D eigenvalue weighted by atomic mass is 16.6. The average molecular weight is 741 g/mol. The number of allylic oxidation sites excluding steroid dienone is 10. The summed E-state index contributed by atoms with van der Waals surface area (Å²) in [7, 11) is 0. The molecule has 0 bridgehead atoms. The van der Waals surface area contributed by atoms with E-state index in [1.165, 1.54) is 109 Å². The van der Waals surface area contributed by atoms with Crippen LogP contribution in [0, 0.1) is 0 Å². The van der Waals surface area contributed by atoms with Crippen molar-refractivity contribution >= 4 is 11.9 Å². The fraction of sp³-hybridized carbons (Fsp3) is 0.750. The maximum Gasteiger partial charge on any atom is 0.306 e. The van der Waals surface area contributed by atoms with Gasteiger partial charge < -0.3 is 14.6 Å². The van der Waals surface area contributed by atoms with E-state index in [1.54, 1.807) is 0 Å². The molecular formula is C48H84O5. The first-order chi connectivity index (χ1) is 26.1. The van der Waals surface area contributed by atoms with Crippen LogP contribution in [0.4, 0.5) is 0 Å². The number of hydrogen-bond donors (Lipinski definition) is 1. The topological polar surface area (TPSA) is 72.8 Å². The lowest BCUT2D eigenvalue weighted by Gasteiger charge is -2.15. The number of carbonyl (C=O) groups is 2. The zero-order chi connectivity index (χ0) is 38.6. The highest BCUT2D eigenvalue weighted by Gasteiger charge is 2.16. The van der Waals surface area contributed by atoms with Gasteiger partial charge in [0, 0.05) is 12.8 Å². The largest absolute Gasteiger partial charge is 0.462 e. The summed E-state index contributed by atoms with van der Waals surface area (Å²) in [6.45, 7) is 4.03. The lowest BCUT2D eigenvalue weighted by atomic mass is 10.0. The van der Waals surface area contributed by atoms with Crippen LogP contribution in [-0.2, 0) is 19.1 Å². The molecule has 0 spiro atoms. The summed E-state index contributed by atoms with van der Waals surface area (Å²) < 4.78 is 10.6. The molecular weight excluding hydrogens is 657 g/mol. The second kappa shape index (κ2) is 44.0. The highest BCUT2D eigenvalue weighted by Crippen LogP contribution is 2.15. The van der Waals surface area contributed by atoms with Crippen LogP contribution < -0.4 is 0 Å². The molecule has 1 N–H and O–H groups in total. The van der Waals surface area contributed by atoms with Crippen molar-refractivity contribution in [2.24, 2.45) is 0 Å². The number of aliphatic hydroxyl groups is 1. The molecule has 306 valence electrons. The average Bonchev–Trinajstić information content (AvgIpc) is 3.16. The molecule has 0 fully saturated rings. The van der Waals surface area contributed by atoms with E-state index in [0.717, 1.165) is 77.0 Å². The van der Waals surface area contributed by atoms with E-state index in [9.17, 15) is 14.7 Å². The Hall–Kier alpha value is -2.40. The van der Waals surface area contributed by atoms with Crippen molar-refractivity contribution in [3.63, 3.8) is 0 Å². The molecule has 0 heterocycles. The summed E-state index contributed by atoms with van der Waals surface area (Å²) in [6.07, 6.45) is 57.2. The number of hydrogen-bond acceptors (Lipinski definition) is 5. The lowest BCUT2D eigenvalue weighted by molar-refractivity contribution is -0.161. The fourth-order valence-electron chi connectivity index (χ4n) is 6.23. The van der Waals surface area contributed by atoms with Crippen LogP contribution >= 0.6 is 0 Å². The van der Waals surface area contributed by atoms with Crippen LogP contribution in [0.1, 0.15) is 213 Å². The van der Waals surface area contributed by atoms with Gasteiger partial charge in [0.05, 0.1) is 6.61 Å². The number of esters is 2. The van der Waals surface area contributed by atoms with E-state index in [4.69, 9.17) is 9.47 Å². The van der Waals surface area contributed by atoms with Crippen molar-refractivity contribution in [1.29, 1.82) is 0 Å². The standard InChI is InChI=1S/C48H84O5/c1-3-5-7-9-11-13-15-17-19-21-22-23-24-25-26-27-29-31-33-35-37-39-41-43-48(51)53-46(44-49)45-52-47(50)42-40-38-36-34-32-30-28-20-18-16-14-12-10-8-6-4-2/h5,7,11,13,17,19,22-23,25-26,46,49H,3-4,6,8-10,12,14-16,18,20-21,24,27-45H2,1-2H3/b7-5-,13-11-,19-17-,23-22-,26-25-. The van der Waals surface area contributed by atoms with Gasteiger partial charge in [0.25, 0.3) is 0 Å². The molecule has 53 heavy (non-hydrogen) atoms. The van der Waals surface area contributed by atoms with Crippen molar-refractivity contribution in [3.05, 3.63) is 60.8 Å². The molecule has 0 rings (SSSR count). The Morgan fingerprint density at radius 2 is 0.811 bits per heavy atom. The second-order valence-electron chi connectivity index (χ2n) is 14.8. The second-order valence-corrected chi connectivity index (χ2v) is 14.8. The van der Waals surface area contributed by atoms with Gasteiger partial charge in [0.1, 0.15) is 6.61 Å². The minimum absolute atomic E-state index is 0.0699. The van der Waals surface area contributed by atoms with E-state index >= 15 is 0 Å². The third-order valence-corrected chi connectivity index (χ3v) is 9.58. The fourth-order valence-corrected chi connectivity index (χ4v) is 6.23. The van der Waals surface area contributed by atoms with Crippen molar-refractivity contribution in [3.8, 4) is 0 Å². The normalized spacial score (nSPS) is 12.7. The zero-order valence-corrected chi connectivity index (χ0v) is 34.8. The Kier molecular flexibility index (Phi) is 42.0. The van der Waals surface area contributed by atoms with Crippen LogP contribution in [0.2, 0.25) is 0 Å². The predicted molar refractivity (Wildman–Crippen MR) is 228 cm³/mol. The van der Waals surface area contributed by atoms with Crippen LogP contribution in [0.25, 0.3) is 0 Å². The van der Waals surface area contributed by atoms with E-state index in [2.05, 4.69) is 74.6 Å². The smallest absolute Gasteiger partial charge is 0.306 e. The van der Waals surface area contributed by atoms with E-state index < -0.39 is 6.10 Å². The van der Waals surface area contributed by atoms with Gasteiger partial charge >= 0.3 is 11.9 Å². The molecule has 0 saturated heterocycles. The van der Waals surface area contributed by atoms with Crippen LogP contribution in [0.3, 0.4) is 0 Å². The summed E-state index contributed by atoms with van der Waals surface area (Å²) in [5, 5.41) is 9.59.